The van der Waals surface area contributed by atoms with Crippen molar-refractivity contribution in [2.45, 2.75) is 13.3 Å². The lowest BCUT2D eigenvalue weighted by Gasteiger charge is -2.05. The van der Waals surface area contributed by atoms with Crippen molar-refractivity contribution in [2.24, 2.45) is 0 Å². The van der Waals surface area contributed by atoms with Crippen molar-refractivity contribution in [3.63, 3.8) is 0 Å². The van der Waals surface area contributed by atoms with E-state index in [1.54, 1.807) is 30.5 Å². The van der Waals surface area contributed by atoms with Gasteiger partial charge in [-0.25, -0.2) is 9.97 Å². The molecule has 0 aliphatic heterocycles. The molecule has 100 valence electrons. The van der Waals surface area contributed by atoms with Gasteiger partial charge < -0.3 is 10.6 Å². The average Bonchev–Trinajstić information content (AvgIpc) is 2.84. The molecule has 0 saturated carbocycles. The topological polar surface area (TPSA) is 66.9 Å². The zero-order valence-corrected chi connectivity index (χ0v) is 11.8. The van der Waals surface area contributed by atoms with Crippen LogP contribution in [0.3, 0.4) is 0 Å². The predicted molar refractivity (Wildman–Crippen MR) is 76.7 cm³/mol. The Morgan fingerprint density at radius 3 is 2.89 bits per heavy atom. The van der Waals surface area contributed by atoms with E-state index in [0.717, 1.165) is 17.1 Å². The van der Waals surface area contributed by atoms with Gasteiger partial charge in [0, 0.05) is 31.1 Å². The van der Waals surface area contributed by atoms with Crippen LogP contribution in [0.4, 0.5) is 5.82 Å². The van der Waals surface area contributed by atoms with Gasteiger partial charge in [0.2, 0.25) is 0 Å². The zero-order valence-electron chi connectivity index (χ0n) is 10.9. The number of hydrogen-bond acceptors (Lipinski definition) is 5. The fourth-order valence-corrected chi connectivity index (χ4v) is 2.37. The van der Waals surface area contributed by atoms with Crippen LogP contribution in [0.1, 0.15) is 21.2 Å². The molecule has 2 aromatic rings. The van der Waals surface area contributed by atoms with Crippen LogP contribution < -0.4 is 10.6 Å². The number of carbonyl (C=O) groups is 1. The third-order valence-electron chi connectivity index (χ3n) is 2.53. The molecule has 2 aromatic heterocycles. The van der Waals surface area contributed by atoms with Gasteiger partial charge in [-0.15, -0.1) is 11.3 Å². The van der Waals surface area contributed by atoms with Crippen molar-refractivity contribution in [1.82, 2.24) is 15.3 Å². The van der Waals surface area contributed by atoms with Gasteiger partial charge in [0.15, 0.2) is 0 Å². The molecule has 0 aromatic carbocycles. The summed E-state index contributed by atoms with van der Waals surface area (Å²) in [5.41, 5.74) is 1.44. The van der Waals surface area contributed by atoms with Gasteiger partial charge in [-0.05, 0) is 19.1 Å². The molecule has 0 fully saturated rings. The lowest BCUT2D eigenvalue weighted by Crippen LogP contribution is -2.26. The zero-order chi connectivity index (χ0) is 13.7. The molecular weight excluding hydrogens is 260 g/mol. The molecule has 1 amide bonds. The van der Waals surface area contributed by atoms with Crippen molar-refractivity contribution in [3.8, 4) is 0 Å². The number of amides is 1. The molecule has 2 N–H and O–H groups in total. The highest BCUT2D eigenvalue weighted by Crippen LogP contribution is 2.08. The smallest absolute Gasteiger partial charge is 0.269 e. The van der Waals surface area contributed by atoms with E-state index in [4.69, 9.17) is 0 Å². The van der Waals surface area contributed by atoms with E-state index in [-0.39, 0.29) is 5.91 Å². The van der Waals surface area contributed by atoms with Crippen LogP contribution in [-0.4, -0.2) is 29.5 Å². The summed E-state index contributed by atoms with van der Waals surface area (Å²) in [6.07, 6.45) is 0.746. The summed E-state index contributed by atoms with van der Waals surface area (Å²) >= 11 is 1.62. The molecule has 0 saturated heterocycles. The average molecular weight is 276 g/mol. The van der Waals surface area contributed by atoms with Crippen molar-refractivity contribution in [2.75, 3.05) is 18.9 Å². The summed E-state index contributed by atoms with van der Waals surface area (Å²) in [7, 11) is 1.77. The lowest BCUT2D eigenvalue weighted by molar-refractivity contribution is 0.0949. The quantitative estimate of drug-likeness (QED) is 0.874. The molecule has 6 heteroatoms. The van der Waals surface area contributed by atoms with E-state index in [2.05, 4.69) is 20.6 Å². The van der Waals surface area contributed by atoms with Crippen LogP contribution in [0.2, 0.25) is 0 Å². The first-order chi connectivity index (χ1) is 9.19. The first-order valence-corrected chi connectivity index (χ1v) is 6.91. The second kappa shape index (κ2) is 6.29. The highest BCUT2D eigenvalue weighted by Gasteiger charge is 2.07. The Morgan fingerprint density at radius 1 is 1.37 bits per heavy atom. The van der Waals surface area contributed by atoms with Crippen LogP contribution >= 0.6 is 11.3 Å². The van der Waals surface area contributed by atoms with Gasteiger partial charge in [-0.2, -0.15) is 0 Å². The van der Waals surface area contributed by atoms with Crippen molar-refractivity contribution in [1.29, 1.82) is 0 Å². The maximum absolute atomic E-state index is 11.9. The third-order valence-corrected chi connectivity index (χ3v) is 3.56. The SMILES string of the molecule is CNc1cccc(C(=O)NCCc2nc(C)cs2)n1. The monoisotopic (exact) mass is 276 g/mol. The fourth-order valence-electron chi connectivity index (χ4n) is 1.59. The maximum Gasteiger partial charge on any atom is 0.269 e. The van der Waals surface area contributed by atoms with E-state index in [9.17, 15) is 4.79 Å². The van der Waals surface area contributed by atoms with E-state index >= 15 is 0 Å². The van der Waals surface area contributed by atoms with Gasteiger partial charge in [0.25, 0.3) is 5.91 Å². The molecule has 19 heavy (non-hydrogen) atoms. The van der Waals surface area contributed by atoms with Crippen molar-refractivity contribution >= 4 is 23.1 Å². The molecule has 5 nitrogen and oxygen atoms in total. The number of aryl methyl sites for hydroxylation is 1. The lowest BCUT2D eigenvalue weighted by atomic mass is 10.3. The molecule has 0 bridgehead atoms. The molecular formula is C13H16N4OS. The van der Waals surface area contributed by atoms with Crippen molar-refractivity contribution < 1.29 is 4.79 Å². The van der Waals surface area contributed by atoms with E-state index in [1.807, 2.05) is 18.4 Å². The summed E-state index contributed by atoms with van der Waals surface area (Å²) < 4.78 is 0. The Labute approximate surface area is 116 Å². The second-order valence-electron chi connectivity index (χ2n) is 4.05. The van der Waals surface area contributed by atoms with Gasteiger partial charge in [-0.3, -0.25) is 4.79 Å². The highest BCUT2D eigenvalue weighted by molar-refractivity contribution is 7.09. The Kier molecular flexibility index (Phi) is 4.46. The molecule has 2 heterocycles. The number of rotatable bonds is 5. The molecule has 0 atom stereocenters. The first kappa shape index (κ1) is 13.5. The Morgan fingerprint density at radius 2 is 2.21 bits per heavy atom. The Hall–Kier alpha value is -1.95. The van der Waals surface area contributed by atoms with E-state index in [1.165, 1.54) is 0 Å². The number of pyridine rings is 1. The Balaban J connectivity index is 1.87. The summed E-state index contributed by atoms with van der Waals surface area (Å²) in [5, 5.41) is 8.80. The summed E-state index contributed by atoms with van der Waals surface area (Å²) in [5.74, 6) is 0.522. The minimum absolute atomic E-state index is 0.162. The summed E-state index contributed by atoms with van der Waals surface area (Å²) in [6.45, 7) is 2.53. The maximum atomic E-state index is 11.9. The normalized spacial score (nSPS) is 10.2. The molecule has 0 radical (unpaired) electrons. The molecule has 0 aliphatic rings. The number of anilines is 1. The minimum atomic E-state index is -0.162. The van der Waals surface area contributed by atoms with E-state index in [0.29, 0.717) is 18.1 Å². The predicted octanol–water partition coefficient (Wildman–Crippen LogP) is 1.86. The third kappa shape index (κ3) is 3.75. The van der Waals surface area contributed by atoms with Crippen LogP contribution in [0.25, 0.3) is 0 Å². The first-order valence-electron chi connectivity index (χ1n) is 6.03. The largest absolute Gasteiger partial charge is 0.373 e. The van der Waals surface area contributed by atoms with Gasteiger partial charge >= 0.3 is 0 Å². The molecule has 2 rings (SSSR count). The minimum Gasteiger partial charge on any atom is -0.373 e. The molecule has 0 spiro atoms. The number of carbonyl (C=O) groups excluding carboxylic acids is 1. The number of nitrogens with one attached hydrogen (secondary N) is 2. The second-order valence-corrected chi connectivity index (χ2v) is 4.99. The summed E-state index contributed by atoms with van der Waals surface area (Å²) in [6, 6.07) is 5.32. The van der Waals surface area contributed by atoms with Gasteiger partial charge in [0.05, 0.1) is 5.01 Å². The number of thiazole rings is 1. The highest BCUT2D eigenvalue weighted by atomic mass is 32.1. The standard InChI is InChI=1S/C13H16N4OS/c1-9-8-19-12(16-9)6-7-15-13(18)10-4-3-5-11(14-2)17-10/h3-5,8H,6-7H2,1-2H3,(H,14,17)(H,15,18). The van der Waals surface area contributed by atoms with Crippen LogP contribution in [0, 0.1) is 6.92 Å². The van der Waals surface area contributed by atoms with Crippen LogP contribution in [0.5, 0.6) is 0 Å². The van der Waals surface area contributed by atoms with Crippen molar-refractivity contribution in [3.05, 3.63) is 40.0 Å². The van der Waals surface area contributed by atoms with Crippen LogP contribution in [-0.2, 0) is 6.42 Å². The van der Waals surface area contributed by atoms with Gasteiger partial charge in [-0.1, -0.05) is 6.07 Å². The number of nitrogens with zero attached hydrogens (tertiary/aromatic N) is 2. The van der Waals surface area contributed by atoms with E-state index < -0.39 is 0 Å². The van der Waals surface area contributed by atoms with Crippen LogP contribution in [0.15, 0.2) is 23.6 Å². The fraction of sp³-hybridized carbons (Fsp3) is 0.308. The van der Waals surface area contributed by atoms with Gasteiger partial charge in [0.1, 0.15) is 11.5 Å². The Bertz CT molecular complexity index is 567. The molecule has 0 aliphatic carbocycles. The number of hydrogen-bond donors (Lipinski definition) is 2. The summed E-state index contributed by atoms with van der Waals surface area (Å²) in [4.78, 5) is 20.4. The molecule has 0 unspecified atom stereocenters. The number of aromatic nitrogens is 2.